The lowest BCUT2D eigenvalue weighted by molar-refractivity contribution is -0.129. The Morgan fingerprint density at radius 2 is 2.40 bits per heavy atom. The van der Waals surface area contributed by atoms with E-state index in [-0.39, 0.29) is 11.8 Å². The molecule has 108 valence electrons. The third-order valence-electron chi connectivity index (χ3n) is 3.22. The predicted octanol–water partition coefficient (Wildman–Crippen LogP) is 0.393. The minimum absolute atomic E-state index is 0.189. The number of amides is 2. The van der Waals surface area contributed by atoms with Crippen molar-refractivity contribution >= 4 is 27.7 Å². The Morgan fingerprint density at radius 3 is 3.00 bits per heavy atom. The first-order valence-electron chi connectivity index (χ1n) is 6.34. The summed E-state index contributed by atoms with van der Waals surface area (Å²) in [7, 11) is 0. The van der Waals surface area contributed by atoms with Crippen molar-refractivity contribution in [2.24, 2.45) is 11.7 Å². The molecule has 1 aliphatic heterocycles. The topological polar surface area (TPSA) is 94.3 Å². The summed E-state index contributed by atoms with van der Waals surface area (Å²) in [5.74, 6) is -0.950. The Labute approximate surface area is 125 Å². The SMILES string of the molecule is NC(=O)[C@@H](Cc1cccnc1Br)NC(=O)[C@@H]1CCOC1. The fourth-order valence-corrected chi connectivity index (χ4v) is 2.46. The molecule has 7 heteroatoms. The van der Waals surface area contributed by atoms with E-state index in [9.17, 15) is 9.59 Å². The van der Waals surface area contributed by atoms with E-state index in [1.807, 2.05) is 6.07 Å². The van der Waals surface area contributed by atoms with Gasteiger partial charge in [-0.1, -0.05) is 6.07 Å². The average molecular weight is 342 g/mol. The van der Waals surface area contributed by atoms with Crippen LogP contribution in [-0.2, 0) is 20.7 Å². The first-order chi connectivity index (χ1) is 9.58. The third-order valence-corrected chi connectivity index (χ3v) is 3.93. The van der Waals surface area contributed by atoms with Crippen LogP contribution < -0.4 is 11.1 Å². The molecule has 6 nitrogen and oxygen atoms in total. The Morgan fingerprint density at radius 1 is 1.60 bits per heavy atom. The smallest absolute Gasteiger partial charge is 0.240 e. The number of hydrogen-bond acceptors (Lipinski definition) is 4. The molecule has 2 amide bonds. The van der Waals surface area contributed by atoms with Crippen LogP contribution >= 0.6 is 15.9 Å². The molecule has 0 saturated carbocycles. The number of ether oxygens (including phenoxy) is 1. The number of aromatic nitrogens is 1. The monoisotopic (exact) mass is 341 g/mol. The number of rotatable bonds is 5. The average Bonchev–Trinajstić information content (AvgIpc) is 2.94. The molecule has 3 N–H and O–H groups in total. The first-order valence-corrected chi connectivity index (χ1v) is 7.14. The van der Waals surface area contributed by atoms with E-state index >= 15 is 0 Å². The quantitative estimate of drug-likeness (QED) is 0.757. The highest BCUT2D eigenvalue weighted by molar-refractivity contribution is 9.10. The van der Waals surface area contributed by atoms with Gasteiger partial charge in [-0.05, 0) is 34.0 Å². The highest BCUT2D eigenvalue weighted by Crippen LogP contribution is 2.16. The molecule has 2 rings (SSSR count). The molecule has 1 aliphatic rings. The van der Waals surface area contributed by atoms with Gasteiger partial charge in [0.25, 0.3) is 0 Å². The van der Waals surface area contributed by atoms with Crippen molar-refractivity contribution in [1.82, 2.24) is 10.3 Å². The normalized spacial score (nSPS) is 19.6. The number of primary amides is 1. The first kappa shape index (κ1) is 14.9. The number of pyridine rings is 1. The second-order valence-electron chi connectivity index (χ2n) is 4.68. The van der Waals surface area contributed by atoms with Crippen molar-refractivity contribution in [2.45, 2.75) is 18.9 Å². The minimum atomic E-state index is -0.747. The van der Waals surface area contributed by atoms with Gasteiger partial charge in [0.15, 0.2) is 0 Å². The van der Waals surface area contributed by atoms with Gasteiger partial charge in [-0.15, -0.1) is 0 Å². The molecule has 2 heterocycles. The number of nitrogens with two attached hydrogens (primary N) is 1. The van der Waals surface area contributed by atoms with Gasteiger partial charge in [0.05, 0.1) is 12.5 Å². The van der Waals surface area contributed by atoms with Crippen LogP contribution in [0.5, 0.6) is 0 Å². The zero-order valence-corrected chi connectivity index (χ0v) is 12.4. The van der Waals surface area contributed by atoms with Crippen LogP contribution in [0.2, 0.25) is 0 Å². The predicted molar refractivity (Wildman–Crippen MR) is 75.7 cm³/mol. The van der Waals surface area contributed by atoms with E-state index in [0.29, 0.717) is 30.7 Å². The van der Waals surface area contributed by atoms with Gasteiger partial charge >= 0.3 is 0 Å². The molecule has 1 saturated heterocycles. The Balaban J connectivity index is 2.02. The van der Waals surface area contributed by atoms with Crippen molar-refractivity contribution in [3.8, 4) is 0 Å². The van der Waals surface area contributed by atoms with E-state index in [4.69, 9.17) is 10.5 Å². The van der Waals surface area contributed by atoms with Crippen LogP contribution in [0.4, 0.5) is 0 Å². The van der Waals surface area contributed by atoms with Gasteiger partial charge in [0.1, 0.15) is 10.6 Å². The Hall–Kier alpha value is -1.47. The number of hydrogen-bond donors (Lipinski definition) is 2. The molecule has 20 heavy (non-hydrogen) atoms. The lowest BCUT2D eigenvalue weighted by Crippen LogP contribution is -2.48. The second kappa shape index (κ2) is 6.81. The maximum absolute atomic E-state index is 12.0. The maximum Gasteiger partial charge on any atom is 0.240 e. The number of halogens is 1. The molecular weight excluding hydrogens is 326 g/mol. The summed E-state index contributed by atoms with van der Waals surface area (Å²) in [6, 6.07) is 2.85. The van der Waals surface area contributed by atoms with Gasteiger partial charge in [0.2, 0.25) is 11.8 Å². The molecule has 1 aromatic heterocycles. The van der Waals surface area contributed by atoms with E-state index in [1.165, 1.54) is 0 Å². The highest BCUT2D eigenvalue weighted by Gasteiger charge is 2.27. The van der Waals surface area contributed by atoms with Crippen LogP contribution in [0, 0.1) is 5.92 Å². The number of carbonyl (C=O) groups is 2. The summed E-state index contributed by atoms with van der Waals surface area (Å²) < 4.78 is 5.81. The van der Waals surface area contributed by atoms with E-state index in [1.54, 1.807) is 12.3 Å². The molecule has 2 atom stereocenters. The molecule has 0 spiro atoms. The molecule has 0 bridgehead atoms. The van der Waals surface area contributed by atoms with E-state index in [2.05, 4.69) is 26.2 Å². The highest BCUT2D eigenvalue weighted by atomic mass is 79.9. The number of nitrogens with zero attached hydrogens (tertiary/aromatic N) is 1. The molecule has 0 aromatic carbocycles. The van der Waals surface area contributed by atoms with Crippen LogP contribution in [0.1, 0.15) is 12.0 Å². The molecule has 1 aromatic rings. The van der Waals surface area contributed by atoms with Crippen LogP contribution in [0.15, 0.2) is 22.9 Å². The third kappa shape index (κ3) is 3.77. The summed E-state index contributed by atoms with van der Waals surface area (Å²) in [6.07, 6.45) is 2.62. The molecule has 0 aliphatic carbocycles. The molecule has 0 unspecified atom stereocenters. The van der Waals surface area contributed by atoms with Crippen molar-refractivity contribution in [1.29, 1.82) is 0 Å². The summed E-state index contributed by atoms with van der Waals surface area (Å²) in [6.45, 7) is 0.974. The number of carbonyl (C=O) groups excluding carboxylic acids is 2. The second-order valence-corrected chi connectivity index (χ2v) is 5.43. The van der Waals surface area contributed by atoms with Gasteiger partial charge in [0, 0.05) is 19.2 Å². The molecule has 0 radical (unpaired) electrons. The Bertz CT molecular complexity index is 503. The van der Waals surface area contributed by atoms with E-state index in [0.717, 1.165) is 5.56 Å². The number of nitrogens with one attached hydrogen (secondary N) is 1. The summed E-state index contributed by atoms with van der Waals surface area (Å²) in [4.78, 5) is 27.6. The zero-order valence-electron chi connectivity index (χ0n) is 10.8. The standard InChI is InChI=1S/C13H16BrN3O3/c14-11-8(2-1-4-16-11)6-10(12(15)18)17-13(19)9-3-5-20-7-9/h1-2,4,9-10H,3,5-7H2,(H2,15,18)(H,17,19)/t9-,10-/m1/s1. The Kier molecular flexibility index (Phi) is 5.08. The zero-order chi connectivity index (χ0) is 14.5. The van der Waals surface area contributed by atoms with Crippen LogP contribution in [-0.4, -0.2) is 36.1 Å². The van der Waals surface area contributed by atoms with Crippen molar-refractivity contribution in [2.75, 3.05) is 13.2 Å². The van der Waals surface area contributed by atoms with Crippen molar-refractivity contribution in [3.05, 3.63) is 28.5 Å². The fourth-order valence-electron chi connectivity index (χ4n) is 2.05. The largest absolute Gasteiger partial charge is 0.381 e. The van der Waals surface area contributed by atoms with Gasteiger partial charge in [-0.3, -0.25) is 9.59 Å². The maximum atomic E-state index is 12.0. The van der Waals surface area contributed by atoms with Crippen molar-refractivity contribution < 1.29 is 14.3 Å². The van der Waals surface area contributed by atoms with Gasteiger partial charge < -0.3 is 15.8 Å². The molecule has 1 fully saturated rings. The van der Waals surface area contributed by atoms with Gasteiger partial charge in [-0.25, -0.2) is 4.98 Å². The van der Waals surface area contributed by atoms with Crippen LogP contribution in [0.3, 0.4) is 0 Å². The van der Waals surface area contributed by atoms with E-state index < -0.39 is 11.9 Å². The lowest BCUT2D eigenvalue weighted by Gasteiger charge is -2.18. The van der Waals surface area contributed by atoms with Gasteiger partial charge in [-0.2, -0.15) is 0 Å². The van der Waals surface area contributed by atoms with Crippen molar-refractivity contribution in [3.63, 3.8) is 0 Å². The minimum Gasteiger partial charge on any atom is -0.381 e. The fraction of sp³-hybridized carbons (Fsp3) is 0.462. The van der Waals surface area contributed by atoms with Crippen LogP contribution in [0.25, 0.3) is 0 Å². The summed E-state index contributed by atoms with van der Waals surface area (Å²) >= 11 is 3.31. The molecular formula is C13H16BrN3O3. The lowest BCUT2D eigenvalue weighted by atomic mass is 10.0. The summed E-state index contributed by atoms with van der Waals surface area (Å²) in [5.41, 5.74) is 6.18. The summed E-state index contributed by atoms with van der Waals surface area (Å²) in [5, 5.41) is 2.69.